The lowest BCUT2D eigenvalue weighted by Gasteiger charge is -2.45. The smallest absolute Gasteiger partial charge is 0.287 e. The molecule has 0 spiro atoms. The molecule has 238 valence electrons. The van der Waals surface area contributed by atoms with E-state index in [1.807, 2.05) is 0 Å². The standard InChI is InChI=1S/C26H43N7O7S.ClH/c1-25(2,38)20-14-29-31-33(20)17-13-19(32(15-17)24(37)18(27)12-16-6-4-3-5-7-16)23(36)30-26(21(34)22(28)35)8-10-41(39,40)11-9-26;/h14,16-19,38-40H,3-13,15,27H2,1-2H3,(H2,28,35)(H,30,36);1H/t17-,18?,19-;/m0./s1. The highest BCUT2D eigenvalue weighted by atomic mass is 35.5. The number of aromatic nitrogens is 3. The first-order chi connectivity index (χ1) is 19.1. The minimum atomic E-state index is -2.95. The number of nitrogens with zero attached hydrogens (tertiary/aromatic N) is 4. The molecule has 3 atom stereocenters. The lowest BCUT2D eigenvalue weighted by atomic mass is 9.84. The maximum Gasteiger partial charge on any atom is 0.287 e. The molecule has 1 unspecified atom stereocenters. The number of nitrogens with two attached hydrogens (primary N) is 2. The number of hydrogen-bond acceptors (Lipinski definition) is 10. The summed E-state index contributed by atoms with van der Waals surface area (Å²) >= 11 is 0. The second-order valence-electron chi connectivity index (χ2n) is 12.3. The summed E-state index contributed by atoms with van der Waals surface area (Å²) < 4.78 is 21.7. The largest absolute Gasteiger partial charge is 0.384 e. The van der Waals surface area contributed by atoms with Gasteiger partial charge in [0, 0.05) is 24.5 Å². The van der Waals surface area contributed by atoms with Gasteiger partial charge in [-0.15, -0.1) is 17.5 Å². The number of hydrogen-bond donors (Lipinski definition) is 6. The molecule has 3 heterocycles. The Morgan fingerprint density at radius 2 is 1.79 bits per heavy atom. The van der Waals surface area contributed by atoms with Gasteiger partial charge in [-0.25, -0.2) is 4.68 Å². The van der Waals surface area contributed by atoms with Crippen LogP contribution in [0.3, 0.4) is 0 Å². The summed E-state index contributed by atoms with van der Waals surface area (Å²) in [6, 6.07) is -2.43. The van der Waals surface area contributed by atoms with E-state index in [9.17, 15) is 33.4 Å². The van der Waals surface area contributed by atoms with Crippen molar-refractivity contribution in [2.45, 2.75) is 101 Å². The third-order valence-electron chi connectivity index (χ3n) is 8.77. The molecule has 1 aliphatic carbocycles. The number of ketones is 1. The van der Waals surface area contributed by atoms with Crippen LogP contribution in [-0.2, 0) is 24.8 Å². The molecule has 2 saturated heterocycles. The molecule has 14 nitrogen and oxygen atoms in total. The van der Waals surface area contributed by atoms with E-state index in [0.717, 1.165) is 32.1 Å². The van der Waals surface area contributed by atoms with Crippen molar-refractivity contribution in [3.05, 3.63) is 11.9 Å². The molecule has 0 aromatic carbocycles. The van der Waals surface area contributed by atoms with Crippen LogP contribution in [0.1, 0.15) is 83.4 Å². The number of aliphatic hydroxyl groups is 1. The quantitative estimate of drug-likeness (QED) is 0.210. The zero-order chi connectivity index (χ0) is 30.2. The fourth-order valence-corrected chi connectivity index (χ4v) is 7.95. The number of Topliss-reactive ketones (excluding diaryl/α,β-unsaturated/α-hetero) is 1. The predicted molar refractivity (Wildman–Crippen MR) is 158 cm³/mol. The summed E-state index contributed by atoms with van der Waals surface area (Å²) in [6.45, 7) is 3.23. The molecule has 2 aliphatic heterocycles. The van der Waals surface area contributed by atoms with Crippen LogP contribution in [0.15, 0.2) is 6.20 Å². The lowest BCUT2D eigenvalue weighted by molar-refractivity contribution is -0.145. The SMILES string of the molecule is CC(C)(O)c1cnnn1[C@H]1C[C@@H](C(=O)NC2(C(=O)C(N)=O)CCS(O)(O)CC2)N(C(=O)C(N)CC2CCCCC2)C1.Cl. The Kier molecular flexibility index (Phi) is 10.7. The van der Waals surface area contributed by atoms with Crippen LogP contribution in [0.5, 0.6) is 0 Å². The van der Waals surface area contributed by atoms with Crippen molar-refractivity contribution >= 4 is 46.5 Å². The zero-order valence-corrected chi connectivity index (χ0v) is 25.7. The van der Waals surface area contributed by atoms with Gasteiger partial charge in [0.05, 0.1) is 24.0 Å². The summed E-state index contributed by atoms with van der Waals surface area (Å²) in [5, 5.41) is 21.4. The molecule has 0 bridgehead atoms. The topological polar surface area (TPSA) is 227 Å². The number of rotatable bonds is 9. The average molecular weight is 634 g/mol. The molecular formula is C26H44ClN7O7S. The van der Waals surface area contributed by atoms with Gasteiger partial charge in [0.1, 0.15) is 17.2 Å². The number of carbonyl (C=O) groups is 4. The summed E-state index contributed by atoms with van der Waals surface area (Å²) in [5.41, 5.74) is 9.13. The second-order valence-corrected chi connectivity index (χ2v) is 14.8. The third-order valence-corrected chi connectivity index (χ3v) is 10.5. The van der Waals surface area contributed by atoms with E-state index >= 15 is 0 Å². The summed E-state index contributed by atoms with van der Waals surface area (Å²) in [5.74, 6) is -3.38. The van der Waals surface area contributed by atoms with Crippen LogP contribution in [0.4, 0.5) is 0 Å². The van der Waals surface area contributed by atoms with Gasteiger partial charge in [-0.1, -0.05) is 37.3 Å². The Bertz CT molecular complexity index is 1160. The maximum atomic E-state index is 13.9. The minimum absolute atomic E-state index is 0. The van der Waals surface area contributed by atoms with E-state index in [0.29, 0.717) is 18.0 Å². The maximum absolute atomic E-state index is 13.9. The Labute approximate surface area is 253 Å². The van der Waals surface area contributed by atoms with E-state index in [1.54, 1.807) is 13.8 Å². The second kappa shape index (κ2) is 13.1. The molecule has 1 saturated carbocycles. The van der Waals surface area contributed by atoms with Crippen molar-refractivity contribution in [2.24, 2.45) is 17.4 Å². The van der Waals surface area contributed by atoms with Crippen LogP contribution >= 0.6 is 23.0 Å². The number of primary amides is 1. The Morgan fingerprint density at radius 3 is 2.36 bits per heavy atom. The van der Waals surface area contributed by atoms with Crippen LogP contribution in [-0.4, -0.2) is 93.3 Å². The molecule has 1 aromatic rings. The van der Waals surface area contributed by atoms with Crippen LogP contribution in [0, 0.1) is 5.92 Å². The first-order valence-electron chi connectivity index (χ1n) is 14.2. The summed E-state index contributed by atoms with van der Waals surface area (Å²) in [6.07, 6.45) is 7.00. The molecule has 1 aromatic heterocycles. The van der Waals surface area contributed by atoms with Crippen molar-refractivity contribution in [1.82, 2.24) is 25.2 Å². The molecule has 8 N–H and O–H groups in total. The van der Waals surface area contributed by atoms with E-state index in [-0.39, 0.29) is 49.7 Å². The van der Waals surface area contributed by atoms with Crippen molar-refractivity contribution < 1.29 is 33.4 Å². The van der Waals surface area contributed by atoms with Crippen molar-refractivity contribution in [3.8, 4) is 0 Å². The lowest BCUT2D eigenvalue weighted by Crippen LogP contribution is -2.64. The number of halogens is 1. The normalized spacial score (nSPS) is 25.6. The highest BCUT2D eigenvalue weighted by Gasteiger charge is 2.50. The highest BCUT2D eigenvalue weighted by molar-refractivity contribution is 8.24. The molecule has 0 radical (unpaired) electrons. The fraction of sp³-hybridized carbons (Fsp3) is 0.769. The molecule has 16 heteroatoms. The zero-order valence-electron chi connectivity index (χ0n) is 24.1. The van der Waals surface area contributed by atoms with Crippen molar-refractivity contribution in [2.75, 3.05) is 18.1 Å². The molecule has 4 rings (SSSR count). The molecule has 3 amide bonds. The highest BCUT2D eigenvalue weighted by Crippen LogP contribution is 2.47. The number of nitrogens with one attached hydrogen (secondary N) is 1. The van der Waals surface area contributed by atoms with Gasteiger partial charge < -0.3 is 26.8 Å². The van der Waals surface area contributed by atoms with Gasteiger partial charge in [-0.05, 0) is 39.0 Å². The first-order valence-corrected chi connectivity index (χ1v) is 16.1. The van der Waals surface area contributed by atoms with Crippen LogP contribution in [0.2, 0.25) is 0 Å². The van der Waals surface area contributed by atoms with Gasteiger partial charge in [0.25, 0.3) is 5.91 Å². The molecule has 3 fully saturated rings. The van der Waals surface area contributed by atoms with E-state index in [2.05, 4.69) is 15.6 Å². The number of amides is 3. The van der Waals surface area contributed by atoms with Gasteiger partial charge >= 0.3 is 0 Å². The van der Waals surface area contributed by atoms with Crippen LogP contribution < -0.4 is 16.8 Å². The van der Waals surface area contributed by atoms with E-state index in [1.165, 1.54) is 15.8 Å². The summed E-state index contributed by atoms with van der Waals surface area (Å²) in [4.78, 5) is 53.9. The van der Waals surface area contributed by atoms with Gasteiger partial charge in [-0.2, -0.15) is 10.6 Å². The Hall–Kier alpha value is -2.30. The fourth-order valence-electron chi connectivity index (χ4n) is 6.40. The van der Waals surface area contributed by atoms with Crippen molar-refractivity contribution in [1.29, 1.82) is 0 Å². The van der Waals surface area contributed by atoms with Crippen LogP contribution in [0.25, 0.3) is 0 Å². The van der Waals surface area contributed by atoms with Gasteiger partial charge in [0.2, 0.25) is 17.6 Å². The Morgan fingerprint density at radius 1 is 1.17 bits per heavy atom. The van der Waals surface area contributed by atoms with Gasteiger partial charge in [-0.3, -0.25) is 28.3 Å². The van der Waals surface area contributed by atoms with E-state index in [4.69, 9.17) is 11.5 Å². The van der Waals surface area contributed by atoms with E-state index < -0.39 is 63.4 Å². The Balaban J connectivity index is 0.00000484. The monoisotopic (exact) mass is 633 g/mol. The molecule has 42 heavy (non-hydrogen) atoms. The molecule has 3 aliphatic rings. The molecular weight excluding hydrogens is 590 g/mol. The number of carbonyl (C=O) groups excluding carboxylic acids is 4. The third kappa shape index (κ3) is 7.42. The summed E-state index contributed by atoms with van der Waals surface area (Å²) in [7, 11) is -2.95. The van der Waals surface area contributed by atoms with Gasteiger partial charge in [0.15, 0.2) is 0 Å². The average Bonchev–Trinajstić information content (AvgIpc) is 3.57. The van der Waals surface area contributed by atoms with Crippen molar-refractivity contribution in [3.63, 3.8) is 0 Å². The first kappa shape index (κ1) is 34.2. The predicted octanol–water partition coefficient (Wildman–Crippen LogP) is 0.821. The number of likely N-dealkylation sites (tertiary alicyclic amines) is 1. The minimum Gasteiger partial charge on any atom is -0.384 e.